The lowest BCUT2D eigenvalue weighted by molar-refractivity contribution is -0.0195. The van der Waals surface area contributed by atoms with Crippen molar-refractivity contribution in [3.63, 3.8) is 0 Å². The summed E-state index contributed by atoms with van der Waals surface area (Å²) in [4.78, 5) is 11.5. The molecule has 0 aromatic heterocycles. The number of carbonyl (C=O) groups is 1. The van der Waals surface area contributed by atoms with Crippen LogP contribution in [0.15, 0.2) is 55.1 Å². The van der Waals surface area contributed by atoms with Gasteiger partial charge in [0.1, 0.15) is 0 Å². The van der Waals surface area contributed by atoms with Gasteiger partial charge in [0.05, 0.1) is 0 Å². The van der Waals surface area contributed by atoms with E-state index in [2.05, 4.69) is 6.58 Å². The van der Waals surface area contributed by atoms with Crippen LogP contribution >= 0.6 is 0 Å². The number of benzene rings is 2. The van der Waals surface area contributed by atoms with E-state index in [1.807, 2.05) is 30.3 Å². The zero-order valence-corrected chi connectivity index (χ0v) is 10.3. The minimum atomic E-state index is -1.99. The molecule has 0 atom stereocenters. The number of aliphatic hydroxyl groups is 2. The van der Waals surface area contributed by atoms with Crippen molar-refractivity contribution in [1.29, 1.82) is 0 Å². The first kappa shape index (κ1) is 13.2. The van der Waals surface area contributed by atoms with E-state index in [9.17, 15) is 4.79 Å². The second-order valence-electron chi connectivity index (χ2n) is 4.11. The van der Waals surface area contributed by atoms with Crippen molar-refractivity contribution in [3.05, 3.63) is 66.2 Å². The fraction of sp³-hybridized carbons (Fsp3) is 0.0625. The van der Waals surface area contributed by atoms with Crippen molar-refractivity contribution in [2.45, 2.75) is 6.29 Å². The fourth-order valence-corrected chi connectivity index (χ4v) is 1.91. The standard InChI is InChI=1S/C16H14O3/c1-2-11-10-13(15(17)16(18)19)8-9-14(11)12-6-4-3-5-7-12/h2-10,16,18-19H,1H2. The Kier molecular flexibility index (Phi) is 3.90. The summed E-state index contributed by atoms with van der Waals surface area (Å²) in [6.07, 6.45) is -0.344. The van der Waals surface area contributed by atoms with Gasteiger partial charge in [0, 0.05) is 5.56 Å². The van der Waals surface area contributed by atoms with Gasteiger partial charge in [-0.2, -0.15) is 0 Å². The lowest BCUT2D eigenvalue weighted by Gasteiger charge is -2.09. The molecule has 0 heterocycles. The number of aliphatic hydroxyl groups excluding tert-OH is 1. The highest BCUT2D eigenvalue weighted by Crippen LogP contribution is 2.25. The monoisotopic (exact) mass is 254 g/mol. The van der Waals surface area contributed by atoms with E-state index in [0.717, 1.165) is 16.7 Å². The van der Waals surface area contributed by atoms with Crippen LogP contribution in [-0.2, 0) is 0 Å². The zero-order chi connectivity index (χ0) is 13.8. The molecule has 3 nitrogen and oxygen atoms in total. The van der Waals surface area contributed by atoms with Crippen LogP contribution in [0.1, 0.15) is 15.9 Å². The minimum Gasteiger partial charge on any atom is -0.362 e. The van der Waals surface area contributed by atoms with Crippen LogP contribution in [-0.4, -0.2) is 22.3 Å². The second kappa shape index (κ2) is 5.61. The highest BCUT2D eigenvalue weighted by atomic mass is 16.5. The maximum absolute atomic E-state index is 11.5. The molecule has 0 saturated heterocycles. The summed E-state index contributed by atoms with van der Waals surface area (Å²) in [6.45, 7) is 3.73. The highest BCUT2D eigenvalue weighted by Gasteiger charge is 2.15. The van der Waals surface area contributed by atoms with Crippen molar-refractivity contribution >= 4 is 11.9 Å². The summed E-state index contributed by atoms with van der Waals surface area (Å²) < 4.78 is 0. The number of rotatable bonds is 4. The molecule has 0 amide bonds. The lowest BCUT2D eigenvalue weighted by atomic mass is 9.96. The van der Waals surface area contributed by atoms with Crippen molar-refractivity contribution in [3.8, 4) is 11.1 Å². The van der Waals surface area contributed by atoms with Crippen LogP contribution in [0.5, 0.6) is 0 Å². The van der Waals surface area contributed by atoms with Crippen molar-refractivity contribution in [1.82, 2.24) is 0 Å². The summed E-state index contributed by atoms with van der Waals surface area (Å²) in [5, 5.41) is 17.8. The quantitative estimate of drug-likeness (QED) is 0.651. The predicted molar refractivity (Wildman–Crippen MR) is 74.5 cm³/mol. The van der Waals surface area contributed by atoms with Crippen LogP contribution in [0.3, 0.4) is 0 Å². The Morgan fingerprint density at radius 3 is 2.37 bits per heavy atom. The zero-order valence-electron chi connectivity index (χ0n) is 10.3. The Morgan fingerprint density at radius 2 is 1.79 bits per heavy atom. The molecule has 0 bridgehead atoms. The van der Waals surface area contributed by atoms with Gasteiger partial charge in [-0.3, -0.25) is 4.79 Å². The minimum absolute atomic E-state index is 0.254. The predicted octanol–water partition coefficient (Wildman–Crippen LogP) is 2.49. The van der Waals surface area contributed by atoms with Crippen LogP contribution in [0.4, 0.5) is 0 Å². The smallest absolute Gasteiger partial charge is 0.218 e. The van der Waals surface area contributed by atoms with Crippen molar-refractivity contribution in [2.75, 3.05) is 0 Å². The first-order valence-corrected chi connectivity index (χ1v) is 5.85. The number of Topliss-reactive ketones (excluding diaryl/α,β-unsaturated/α-hetero) is 1. The summed E-state index contributed by atoms with van der Waals surface area (Å²) in [6, 6.07) is 14.7. The molecule has 19 heavy (non-hydrogen) atoms. The molecule has 0 spiro atoms. The average Bonchev–Trinajstić information content (AvgIpc) is 2.46. The third kappa shape index (κ3) is 2.78. The van der Waals surface area contributed by atoms with Gasteiger partial charge in [-0.05, 0) is 22.8 Å². The number of hydrogen-bond acceptors (Lipinski definition) is 3. The molecule has 0 unspecified atom stereocenters. The Hall–Kier alpha value is -2.23. The molecule has 2 aromatic rings. The SMILES string of the molecule is C=Cc1cc(C(=O)C(O)O)ccc1-c1ccccc1. The molecule has 0 aliphatic rings. The first-order chi connectivity index (χ1) is 9.13. The highest BCUT2D eigenvalue weighted by molar-refractivity contribution is 5.99. The Bertz CT molecular complexity index is 601. The summed E-state index contributed by atoms with van der Waals surface area (Å²) >= 11 is 0. The van der Waals surface area contributed by atoms with Gasteiger partial charge in [0.2, 0.25) is 12.1 Å². The number of hydrogen-bond donors (Lipinski definition) is 2. The van der Waals surface area contributed by atoms with E-state index in [4.69, 9.17) is 10.2 Å². The molecule has 0 radical (unpaired) electrons. The fourth-order valence-electron chi connectivity index (χ4n) is 1.91. The van der Waals surface area contributed by atoms with E-state index in [1.165, 1.54) is 0 Å². The van der Waals surface area contributed by atoms with E-state index >= 15 is 0 Å². The van der Waals surface area contributed by atoms with Crippen molar-refractivity contribution in [2.24, 2.45) is 0 Å². The van der Waals surface area contributed by atoms with Gasteiger partial charge in [-0.25, -0.2) is 0 Å². The summed E-state index contributed by atoms with van der Waals surface area (Å²) in [7, 11) is 0. The Balaban J connectivity index is 2.49. The third-order valence-corrected chi connectivity index (χ3v) is 2.88. The molecule has 0 aliphatic carbocycles. The molecular formula is C16H14O3. The van der Waals surface area contributed by atoms with E-state index in [0.29, 0.717) is 0 Å². The normalized spacial score (nSPS) is 10.5. The van der Waals surface area contributed by atoms with Gasteiger partial charge < -0.3 is 10.2 Å². The average molecular weight is 254 g/mol. The van der Waals surface area contributed by atoms with Crippen molar-refractivity contribution < 1.29 is 15.0 Å². The van der Waals surface area contributed by atoms with Crippen LogP contribution in [0.2, 0.25) is 0 Å². The molecule has 0 aliphatic heterocycles. The molecule has 0 fully saturated rings. The topological polar surface area (TPSA) is 57.5 Å². The van der Waals surface area contributed by atoms with Gasteiger partial charge >= 0.3 is 0 Å². The van der Waals surface area contributed by atoms with Gasteiger partial charge in [0.25, 0.3) is 0 Å². The molecule has 2 N–H and O–H groups in total. The molecule has 2 rings (SSSR count). The largest absolute Gasteiger partial charge is 0.362 e. The Morgan fingerprint density at radius 1 is 1.11 bits per heavy atom. The summed E-state index contributed by atoms with van der Waals surface area (Å²) in [5.74, 6) is -0.720. The number of carbonyl (C=O) groups excluding carboxylic acids is 1. The van der Waals surface area contributed by atoms with E-state index in [-0.39, 0.29) is 5.56 Å². The number of ketones is 1. The van der Waals surface area contributed by atoms with E-state index < -0.39 is 12.1 Å². The van der Waals surface area contributed by atoms with Gasteiger partial charge in [0.15, 0.2) is 0 Å². The first-order valence-electron chi connectivity index (χ1n) is 5.85. The molecule has 3 heteroatoms. The third-order valence-electron chi connectivity index (χ3n) is 2.88. The molecule has 2 aromatic carbocycles. The van der Waals surface area contributed by atoms with Crippen LogP contribution < -0.4 is 0 Å². The van der Waals surface area contributed by atoms with Crippen LogP contribution in [0.25, 0.3) is 17.2 Å². The summed E-state index contributed by atoms with van der Waals surface area (Å²) in [5.41, 5.74) is 2.99. The van der Waals surface area contributed by atoms with E-state index in [1.54, 1.807) is 24.3 Å². The van der Waals surface area contributed by atoms with Crippen LogP contribution in [0, 0.1) is 0 Å². The second-order valence-corrected chi connectivity index (χ2v) is 4.11. The molecule has 0 saturated carbocycles. The maximum atomic E-state index is 11.5. The molecule has 96 valence electrons. The maximum Gasteiger partial charge on any atom is 0.218 e. The van der Waals surface area contributed by atoms with Gasteiger partial charge in [-0.1, -0.05) is 55.1 Å². The van der Waals surface area contributed by atoms with Gasteiger partial charge in [-0.15, -0.1) is 0 Å². The lowest BCUT2D eigenvalue weighted by Crippen LogP contribution is -2.19. The Labute approximate surface area is 111 Å². The molecular weight excluding hydrogens is 240 g/mol.